The van der Waals surface area contributed by atoms with Crippen molar-refractivity contribution in [2.24, 2.45) is 0 Å². The zero-order valence-corrected chi connectivity index (χ0v) is 16.8. The quantitative estimate of drug-likeness (QED) is 0.588. The molecule has 0 fully saturated rings. The molecule has 1 aromatic heterocycles. The van der Waals surface area contributed by atoms with Gasteiger partial charge < -0.3 is 10.6 Å². The van der Waals surface area contributed by atoms with Gasteiger partial charge in [0.15, 0.2) is 5.13 Å². The Morgan fingerprint density at radius 1 is 1.19 bits per heavy atom. The van der Waals surface area contributed by atoms with Crippen LogP contribution in [0, 0.1) is 26.6 Å². The van der Waals surface area contributed by atoms with Crippen LogP contribution in [0.5, 0.6) is 0 Å². The molecular weight excluding hydrogens is 385 g/mol. The van der Waals surface area contributed by atoms with Gasteiger partial charge in [-0.05, 0) is 50.1 Å². The van der Waals surface area contributed by atoms with Gasteiger partial charge in [-0.1, -0.05) is 46.7 Å². The Morgan fingerprint density at radius 2 is 1.96 bits per heavy atom. The van der Waals surface area contributed by atoms with E-state index in [-0.39, 0.29) is 17.5 Å². The Kier molecular flexibility index (Phi) is 5.77. The standard InChI is InChI=1S/C20H19ClFN3OS/c1-11-4-7-17(12(2)8-11)25-20-24-13(3)18(27-20)19(26)23-10-14-5-6-15(22)9-16(14)21/h4-9H,10H2,1-3H3,(H,23,26)(H,24,25). The monoisotopic (exact) mass is 403 g/mol. The first-order valence-electron chi connectivity index (χ1n) is 8.37. The van der Waals surface area contributed by atoms with Crippen LogP contribution < -0.4 is 10.6 Å². The molecular formula is C20H19ClFN3OS. The summed E-state index contributed by atoms with van der Waals surface area (Å²) in [6.45, 7) is 6.08. The molecule has 0 bridgehead atoms. The fraction of sp³-hybridized carbons (Fsp3) is 0.200. The van der Waals surface area contributed by atoms with Gasteiger partial charge in [0, 0.05) is 17.3 Å². The second kappa shape index (κ2) is 8.06. The molecule has 140 valence electrons. The third-order valence-corrected chi connectivity index (χ3v) is 5.50. The number of nitrogens with zero attached hydrogens (tertiary/aromatic N) is 1. The number of carbonyl (C=O) groups is 1. The molecule has 0 unspecified atom stereocenters. The first kappa shape index (κ1) is 19.3. The highest BCUT2D eigenvalue weighted by molar-refractivity contribution is 7.17. The predicted octanol–water partition coefficient (Wildman–Crippen LogP) is 5.53. The second-order valence-electron chi connectivity index (χ2n) is 6.30. The molecule has 0 saturated carbocycles. The van der Waals surface area contributed by atoms with Crippen molar-refractivity contribution in [1.82, 2.24) is 10.3 Å². The van der Waals surface area contributed by atoms with E-state index >= 15 is 0 Å². The fourth-order valence-electron chi connectivity index (χ4n) is 2.65. The van der Waals surface area contributed by atoms with E-state index in [1.165, 1.54) is 29.0 Å². The Bertz CT molecular complexity index is 1000. The van der Waals surface area contributed by atoms with Gasteiger partial charge in [0.2, 0.25) is 0 Å². The molecule has 2 N–H and O–H groups in total. The minimum atomic E-state index is -0.407. The molecule has 3 rings (SSSR count). The van der Waals surface area contributed by atoms with E-state index in [0.29, 0.717) is 21.3 Å². The van der Waals surface area contributed by atoms with Gasteiger partial charge in [0.1, 0.15) is 10.7 Å². The normalized spacial score (nSPS) is 10.7. The molecule has 0 radical (unpaired) electrons. The third kappa shape index (κ3) is 4.64. The van der Waals surface area contributed by atoms with Crippen LogP contribution in [0.4, 0.5) is 15.2 Å². The SMILES string of the molecule is Cc1ccc(Nc2nc(C)c(C(=O)NCc3ccc(F)cc3Cl)s2)c(C)c1. The summed E-state index contributed by atoms with van der Waals surface area (Å²) in [7, 11) is 0. The lowest BCUT2D eigenvalue weighted by atomic mass is 10.1. The predicted molar refractivity (Wildman–Crippen MR) is 109 cm³/mol. The Morgan fingerprint density at radius 3 is 2.67 bits per heavy atom. The van der Waals surface area contributed by atoms with E-state index in [4.69, 9.17) is 11.6 Å². The molecule has 0 saturated heterocycles. The molecule has 27 heavy (non-hydrogen) atoms. The van der Waals surface area contributed by atoms with Crippen molar-refractivity contribution < 1.29 is 9.18 Å². The Hall–Kier alpha value is -2.44. The van der Waals surface area contributed by atoms with Gasteiger partial charge in [-0.3, -0.25) is 4.79 Å². The molecule has 1 amide bonds. The highest BCUT2D eigenvalue weighted by atomic mass is 35.5. The second-order valence-corrected chi connectivity index (χ2v) is 7.70. The van der Waals surface area contributed by atoms with Crippen LogP contribution >= 0.6 is 22.9 Å². The average Bonchev–Trinajstić information content (AvgIpc) is 2.97. The molecule has 0 aliphatic heterocycles. The van der Waals surface area contributed by atoms with Crippen LogP contribution in [-0.2, 0) is 6.54 Å². The van der Waals surface area contributed by atoms with Gasteiger partial charge >= 0.3 is 0 Å². The number of rotatable bonds is 5. The number of halogens is 2. The van der Waals surface area contributed by atoms with E-state index in [2.05, 4.69) is 21.7 Å². The molecule has 0 aliphatic rings. The van der Waals surface area contributed by atoms with Crippen molar-refractivity contribution in [3.63, 3.8) is 0 Å². The number of benzene rings is 2. The minimum absolute atomic E-state index is 0.217. The van der Waals surface area contributed by atoms with Crippen LogP contribution in [0.15, 0.2) is 36.4 Å². The van der Waals surface area contributed by atoms with Gasteiger partial charge in [-0.25, -0.2) is 9.37 Å². The topological polar surface area (TPSA) is 54.0 Å². The molecule has 3 aromatic rings. The van der Waals surface area contributed by atoms with Crippen LogP contribution in [0.2, 0.25) is 5.02 Å². The van der Waals surface area contributed by atoms with Crippen LogP contribution in [0.3, 0.4) is 0 Å². The smallest absolute Gasteiger partial charge is 0.263 e. The van der Waals surface area contributed by atoms with E-state index in [1.54, 1.807) is 13.0 Å². The highest BCUT2D eigenvalue weighted by Crippen LogP contribution is 2.28. The van der Waals surface area contributed by atoms with Crippen molar-refractivity contribution in [2.75, 3.05) is 5.32 Å². The summed E-state index contributed by atoms with van der Waals surface area (Å²) >= 11 is 7.29. The first-order chi connectivity index (χ1) is 12.8. The summed E-state index contributed by atoms with van der Waals surface area (Å²) in [5.41, 5.74) is 4.56. The van der Waals surface area contributed by atoms with E-state index in [0.717, 1.165) is 11.3 Å². The summed E-state index contributed by atoms with van der Waals surface area (Å²) in [5, 5.41) is 7.02. The van der Waals surface area contributed by atoms with Crippen molar-refractivity contribution in [1.29, 1.82) is 0 Å². The van der Waals surface area contributed by atoms with Gasteiger partial charge in [-0.2, -0.15) is 0 Å². The number of amides is 1. The maximum Gasteiger partial charge on any atom is 0.263 e. The van der Waals surface area contributed by atoms with Crippen LogP contribution in [0.25, 0.3) is 0 Å². The molecule has 7 heteroatoms. The number of nitrogens with one attached hydrogen (secondary N) is 2. The summed E-state index contributed by atoms with van der Waals surface area (Å²) in [5.74, 6) is -0.644. The lowest BCUT2D eigenvalue weighted by Crippen LogP contribution is -2.22. The summed E-state index contributed by atoms with van der Waals surface area (Å²) in [4.78, 5) is 17.5. The maximum absolute atomic E-state index is 13.1. The number of hydrogen-bond acceptors (Lipinski definition) is 4. The molecule has 0 aliphatic carbocycles. The summed E-state index contributed by atoms with van der Waals surface area (Å²) < 4.78 is 13.1. The van der Waals surface area contributed by atoms with Gasteiger partial charge in [-0.15, -0.1) is 0 Å². The molecule has 0 atom stereocenters. The van der Waals surface area contributed by atoms with E-state index in [1.807, 2.05) is 26.0 Å². The number of thiazole rings is 1. The van der Waals surface area contributed by atoms with E-state index < -0.39 is 5.82 Å². The zero-order valence-electron chi connectivity index (χ0n) is 15.2. The highest BCUT2D eigenvalue weighted by Gasteiger charge is 2.16. The molecule has 0 spiro atoms. The van der Waals surface area contributed by atoms with Crippen molar-refractivity contribution in [3.8, 4) is 0 Å². The lowest BCUT2D eigenvalue weighted by molar-refractivity contribution is 0.0954. The zero-order chi connectivity index (χ0) is 19.6. The number of hydrogen-bond donors (Lipinski definition) is 2. The van der Waals surface area contributed by atoms with Crippen molar-refractivity contribution in [3.05, 3.63) is 74.5 Å². The molecule has 4 nitrogen and oxygen atoms in total. The fourth-order valence-corrected chi connectivity index (χ4v) is 3.78. The van der Waals surface area contributed by atoms with Gasteiger partial charge in [0.05, 0.1) is 5.69 Å². The minimum Gasteiger partial charge on any atom is -0.347 e. The van der Waals surface area contributed by atoms with Crippen molar-refractivity contribution >= 4 is 39.7 Å². The number of anilines is 2. The van der Waals surface area contributed by atoms with Gasteiger partial charge in [0.25, 0.3) is 5.91 Å². The first-order valence-corrected chi connectivity index (χ1v) is 9.57. The number of carbonyl (C=O) groups excluding carboxylic acids is 1. The third-order valence-electron chi connectivity index (χ3n) is 4.08. The van der Waals surface area contributed by atoms with Crippen LogP contribution in [-0.4, -0.2) is 10.9 Å². The summed E-state index contributed by atoms with van der Waals surface area (Å²) in [6.07, 6.45) is 0. The Labute approximate surface area is 166 Å². The molecule has 2 aromatic carbocycles. The van der Waals surface area contributed by atoms with Crippen molar-refractivity contribution in [2.45, 2.75) is 27.3 Å². The average molecular weight is 404 g/mol. The lowest BCUT2D eigenvalue weighted by Gasteiger charge is -2.07. The van der Waals surface area contributed by atoms with Crippen LogP contribution in [0.1, 0.15) is 32.1 Å². The summed E-state index contributed by atoms with van der Waals surface area (Å²) in [6, 6.07) is 10.2. The Balaban J connectivity index is 1.70. The van der Waals surface area contributed by atoms with E-state index in [9.17, 15) is 9.18 Å². The maximum atomic E-state index is 13.1. The molecule has 1 heterocycles. The number of aryl methyl sites for hydroxylation is 3. The number of aromatic nitrogens is 1. The largest absolute Gasteiger partial charge is 0.347 e.